The average molecular weight is 609 g/mol. The maximum absolute atomic E-state index is 13.9. The van der Waals surface area contributed by atoms with Crippen LogP contribution in [0.5, 0.6) is 0 Å². The number of aliphatic hydroxyl groups excluding tert-OH is 1. The van der Waals surface area contributed by atoms with Crippen LogP contribution in [-0.2, 0) is 4.74 Å². The molecular formula is C38H41FN2O4. The fraction of sp³-hybridized carbons (Fsp3) is 0.368. The molecule has 234 valence electrons. The molecule has 0 radical (unpaired) electrons. The normalized spacial score (nSPS) is 19.9. The topological polar surface area (TPSA) is 70.1 Å². The highest BCUT2D eigenvalue weighted by Gasteiger charge is 2.40. The molecule has 4 aromatic rings. The first-order chi connectivity index (χ1) is 22.0. The van der Waals surface area contributed by atoms with Crippen molar-refractivity contribution in [1.29, 1.82) is 0 Å². The van der Waals surface area contributed by atoms with Crippen molar-refractivity contribution in [1.82, 2.24) is 9.80 Å². The van der Waals surface area contributed by atoms with Gasteiger partial charge >= 0.3 is 5.97 Å². The molecule has 3 atom stereocenters. The quantitative estimate of drug-likeness (QED) is 0.164. The number of halogens is 1. The largest absolute Gasteiger partial charge is 0.462 e. The molecule has 1 amide bonds. The van der Waals surface area contributed by atoms with Crippen molar-refractivity contribution >= 4 is 22.6 Å². The minimum absolute atomic E-state index is 0.00157. The van der Waals surface area contributed by atoms with Gasteiger partial charge in [-0.1, -0.05) is 66.7 Å². The molecule has 2 aliphatic heterocycles. The minimum Gasteiger partial charge on any atom is -0.462 e. The smallest absolute Gasteiger partial charge is 0.338 e. The Morgan fingerprint density at radius 3 is 2.36 bits per heavy atom. The van der Waals surface area contributed by atoms with Gasteiger partial charge in [0, 0.05) is 31.1 Å². The lowest BCUT2D eigenvalue weighted by atomic mass is 9.86. The summed E-state index contributed by atoms with van der Waals surface area (Å²) in [6, 6.07) is 29.6. The fourth-order valence-corrected chi connectivity index (χ4v) is 7.12. The third kappa shape index (κ3) is 7.43. The van der Waals surface area contributed by atoms with E-state index in [4.69, 9.17) is 4.74 Å². The van der Waals surface area contributed by atoms with Gasteiger partial charge in [0.15, 0.2) is 0 Å². The van der Waals surface area contributed by atoms with Crippen LogP contribution in [0.4, 0.5) is 4.39 Å². The highest BCUT2D eigenvalue weighted by Crippen LogP contribution is 2.34. The van der Waals surface area contributed by atoms with E-state index in [2.05, 4.69) is 4.90 Å². The first-order valence-corrected chi connectivity index (χ1v) is 16.1. The van der Waals surface area contributed by atoms with E-state index in [-0.39, 0.29) is 36.1 Å². The number of rotatable bonds is 10. The maximum Gasteiger partial charge on any atom is 0.338 e. The Labute approximate surface area is 264 Å². The first kappa shape index (κ1) is 30.9. The van der Waals surface area contributed by atoms with Crippen molar-refractivity contribution in [3.63, 3.8) is 0 Å². The van der Waals surface area contributed by atoms with E-state index in [1.807, 2.05) is 65.6 Å². The van der Waals surface area contributed by atoms with E-state index in [1.54, 1.807) is 24.3 Å². The molecule has 0 aromatic heterocycles. The van der Waals surface area contributed by atoms with E-state index in [9.17, 15) is 19.1 Å². The number of hydrogen-bond acceptors (Lipinski definition) is 5. The standard InChI is InChI=1S/C38H41FN2O4/c39-32-17-15-27(16-18-32)28-19-21-40(22-20-28)24-31-25-41(37(43)34-13-6-11-29-8-4-5-12-33(29)34)26-35(31)36(42)14-7-23-45-38(44)30-9-2-1-3-10-30/h1-6,8-13,15-18,28,31,35-36,42H,7,14,19-26H2/t31-,35?,36-/m1/s1. The van der Waals surface area contributed by atoms with Crippen molar-refractivity contribution in [3.8, 4) is 0 Å². The monoisotopic (exact) mass is 608 g/mol. The first-order valence-electron chi connectivity index (χ1n) is 16.1. The number of aliphatic hydroxyl groups is 1. The van der Waals surface area contributed by atoms with Gasteiger partial charge in [0.2, 0.25) is 0 Å². The van der Waals surface area contributed by atoms with Crippen LogP contribution in [0.15, 0.2) is 97.1 Å². The van der Waals surface area contributed by atoms with Gasteiger partial charge in [0.1, 0.15) is 5.82 Å². The van der Waals surface area contributed by atoms with Crippen LogP contribution in [0.2, 0.25) is 0 Å². The van der Waals surface area contributed by atoms with Crippen LogP contribution < -0.4 is 0 Å². The summed E-state index contributed by atoms with van der Waals surface area (Å²) in [6.45, 7) is 3.97. The van der Waals surface area contributed by atoms with Crippen molar-refractivity contribution in [2.45, 2.75) is 37.7 Å². The van der Waals surface area contributed by atoms with E-state index in [0.717, 1.165) is 43.2 Å². The van der Waals surface area contributed by atoms with Gasteiger partial charge in [-0.25, -0.2) is 9.18 Å². The SMILES string of the molecule is O=C(OCCC[C@@H](O)C1CN(C(=O)c2cccc3ccccc23)C[C@H]1CN1CCC(c2ccc(F)cc2)CC1)c1ccccc1. The lowest BCUT2D eigenvalue weighted by molar-refractivity contribution is 0.0405. The van der Waals surface area contributed by atoms with Crippen molar-refractivity contribution in [2.75, 3.05) is 39.3 Å². The van der Waals surface area contributed by atoms with Crippen LogP contribution in [0.3, 0.4) is 0 Å². The zero-order valence-electron chi connectivity index (χ0n) is 25.6. The second kappa shape index (κ2) is 14.4. The number of likely N-dealkylation sites (tertiary alicyclic amines) is 2. The van der Waals surface area contributed by atoms with E-state index in [0.29, 0.717) is 43.0 Å². The summed E-state index contributed by atoms with van der Waals surface area (Å²) < 4.78 is 18.9. The summed E-state index contributed by atoms with van der Waals surface area (Å²) in [6.07, 6.45) is 2.41. The van der Waals surface area contributed by atoms with E-state index in [1.165, 1.54) is 17.7 Å². The van der Waals surface area contributed by atoms with Crippen LogP contribution in [-0.4, -0.2) is 72.2 Å². The highest BCUT2D eigenvalue weighted by molar-refractivity contribution is 6.07. The number of benzene rings is 4. The molecule has 2 aliphatic rings. The summed E-state index contributed by atoms with van der Waals surface area (Å²) in [7, 11) is 0. The Kier molecular flexibility index (Phi) is 9.87. The summed E-state index contributed by atoms with van der Waals surface area (Å²) >= 11 is 0. The summed E-state index contributed by atoms with van der Waals surface area (Å²) in [5, 5.41) is 13.4. The van der Waals surface area contributed by atoms with Gasteiger partial charge in [-0.2, -0.15) is 0 Å². The van der Waals surface area contributed by atoms with Gasteiger partial charge in [0.05, 0.1) is 18.3 Å². The van der Waals surface area contributed by atoms with Gasteiger partial charge in [-0.15, -0.1) is 0 Å². The Hall–Kier alpha value is -4.07. The third-order valence-electron chi connectivity index (χ3n) is 9.60. The Bertz CT molecular complexity index is 1580. The molecule has 0 aliphatic carbocycles. The molecular weight excluding hydrogens is 567 g/mol. The second-order valence-electron chi connectivity index (χ2n) is 12.5. The number of amides is 1. The molecule has 1 N–H and O–H groups in total. The number of nitrogens with zero attached hydrogens (tertiary/aromatic N) is 2. The maximum atomic E-state index is 13.9. The molecule has 45 heavy (non-hydrogen) atoms. The Morgan fingerprint density at radius 2 is 1.58 bits per heavy atom. The molecule has 2 heterocycles. The molecule has 0 spiro atoms. The molecule has 4 aromatic carbocycles. The molecule has 2 fully saturated rings. The lowest BCUT2D eigenvalue weighted by Crippen LogP contribution is -2.40. The van der Waals surface area contributed by atoms with Gasteiger partial charge in [0.25, 0.3) is 5.91 Å². The molecule has 0 saturated carbocycles. The van der Waals surface area contributed by atoms with Gasteiger partial charge in [-0.05, 0) is 97.3 Å². The minimum atomic E-state index is -0.618. The van der Waals surface area contributed by atoms with E-state index >= 15 is 0 Å². The average Bonchev–Trinajstić information content (AvgIpc) is 3.51. The molecule has 1 unspecified atom stereocenters. The van der Waals surface area contributed by atoms with E-state index < -0.39 is 6.10 Å². The zero-order valence-corrected chi connectivity index (χ0v) is 25.6. The van der Waals surface area contributed by atoms with Crippen LogP contribution in [0, 0.1) is 17.7 Å². The Balaban J connectivity index is 1.10. The van der Waals surface area contributed by atoms with Gasteiger partial charge in [-0.3, -0.25) is 4.79 Å². The van der Waals surface area contributed by atoms with Crippen molar-refractivity contribution < 1.29 is 23.8 Å². The number of carbonyl (C=O) groups excluding carboxylic acids is 2. The molecule has 0 bridgehead atoms. The Morgan fingerprint density at radius 1 is 0.867 bits per heavy atom. The molecule has 2 saturated heterocycles. The van der Waals surface area contributed by atoms with Crippen molar-refractivity contribution in [2.24, 2.45) is 11.8 Å². The number of piperidine rings is 1. The van der Waals surface area contributed by atoms with Crippen LogP contribution in [0.1, 0.15) is 57.9 Å². The predicted octanol–water partition coefficient (Wildman–Crippen LogP) is 6.54. The number of carbonyl (C=O) groups is 2. The van der Waals surface area contributed by atoms with Crippen molar-refractivity contribution in [3.05, 3.63) is 120 Å². The predicted molar refractivity (Wildman–Crippen MR) is 174 cm³/mol. The highest BCUT2D eigenvalue weighted by atomic mass is 19.1. The number of hydrogen-bond donors (Lipinski definition) is 1. The van der Waals surface area contributed by atoms with Crippen LogP contribution in [0.25, 0.3) is 10.8 Å². The van der Waals surface area contributed by atoms with Gasteiger partial charge < -0.3 is 19.6 Å². The summed E-state index contributed by atoms with van der Waals surface area (Å²) in [4.78, 5) is 30.6. The lowest BCUT2D eigenvalue weighted by Gasteiger charge is -2.35. The number of esters is 1. The molecule has 6 rings (SSSR count). The fourth-order valence-electron chi connectivity index (χ4n) is 7.12. The zero-order chi connectivity index (χ0) is 31.2. The van der Waals surface area contributed by atoms with Crippen LogP contribution >= 0.6 is 0 Å². The second-order valence-corrected chi connectivity index (χ2v) is 12.5. The third-order valence-corrected chi connectivity index (χ3v) is 9.60. The number of fused-ring (bicyclic) bond motifs is 1. The molecule has 6 nitrogen and oxygen atoms in total. The summed E-state index contributed by atoms with van der Waals surface area (Å²) in [5.74, 6) is -0.122. The molecule has 7 heteroatoms. The summed E-state index contributed by atoms with van der Waals surface area (Å²) in [5.41, 5.74) is 2.39. The number of ether oxygens (including phenoxy) is 1.